The van der Waals surface area contributed by atoms with Crippen LogP contribution in [0.3, 0.4) is 0 Å². The van der Waals surface area contributed by atoms with E-state index in [1.807, 2.05) is 0 Å². The summed E-state index contributed by atoms with van der Waals surface area (Å²) in [6.07, 6.45) is 7.28. The number of hydrogen-bond acceptors (Lipinski definition) is 3. The van der Waals surface area contributed by atoms with E-state index in [4.69, 9.17) is 0 Å². The number of aliphatic hydroxyl groups is 1. The fourth-order valence-corrected chi connectivity index (χ4v) is 3.94. The Morgan fingerprint density at radius 3 is 2.55 bits per heavy atom. The maximum absolute atomic E-state index is 9.65. The molecule has 122 valence electrons. The maximum atomic E-state index is 9.65. The topological polar surface area (TPSA) is 35.5 Å². The number of likely N-dealkylation sites (tertiary alicyclic amines) is 1. The number of para-hydroxylation sites is 1. The fraction of sp³-hybridized carbons (Fsp3) is 0.684. The Hall–Kier alpha value is -1.06. The summed E-state index contributed by atoms with van der Waals surface area (Å²) in [5, 5.41) is 13.4. The highest BCUT2D eigenvalue weighted by molar-refractivity contribution is 5.51. The molecule has 1 aliphatic heterocycles. The van der Waals surface area contributed by atoms with E-state index in [9.17, 15) is 5.11 Å². The van der Waals surface area contributed by atoms with E-state index >= 15 is 0 Å². The SMILES string of the molecule is CC(Nc1ccccc1CN1CCC(O)CC1)C1CCCC1. The van der Waals surface area contributed by atoms with Crippen LogP contribution < -0.4 is 5.32 Å². The molecule has 0 amide bonds. The molecule has 1 aromatic carbocycles. The van der Waals surface area contributed by atoms with Gasteiger partial charge >= 0.3 is 0 Å². The van der Waals surface area contributed by atoms with E-state index in [0.29, 0.717) is 6.04 Å². The van der Waals surface area contributed by atoms with Crippen LogP contribution in [0.1, 0.15) is 51.0 Å². The van der Waals surface area contributed by atoms with Crippen LogP contribution in [0.5, 0.6) is 0 Å². The van der Waals surface area contributed by atoms with E-state index in [-0.39, 0.29) is 6.10 Å². The molecular weight excluding hydrogens is 272 g/mol. The zero-order chi connectivity index (χ0) is 15.4. The van der Waals surface area contributed by atoms with Gasteiger partial charge in [-0.2, -0.15) is 0 Å². The highest BCUT2D eigenvalue weighted by atomic mass is 16.3. The molecule has 2 aliphatic rings. The van der Waals surface area contributed by atoms with Crippen LogP contribution in [-0.2, 0) is 6.54 Å². The lowest BCUT2D eigenvalue weighted by Crippen LogP contribution is -2.35. The predicted octanol–water partition coefficient (Wildman–Crippen LogP) is 3.63. The van der Waals surface area contributed by atoms with Crippen LogP contribution in [0, 0.1) is 5.92 Å². The molecule has 2 fully saturated rings. The van der Waals surface area contributed by atoms with Crippen molar-refractivity contribution < 1.29 is 5.11 Å². The minimum atomic E-state index is -0.0907. The second kappa shape index (κ2) is 7.47. The van der Waals surface area contributed by atoms with E-state index in [0.717, 1.165) is 38.4 Å². The Labute approximate surface area is 134 Å². The lowest BCUT2D eigenvalue weighted by atomic mass is 9.99. The lowest BCUT2D eigenvalue weighted by Gasteiger charge is -2.30. The zero-order valence-corrected chi connectivity index (χ0v) is 13.8. The first-order valence-corrected chi connectivity index (χ1v) is 8.97. The molecule has 1 saturated heterocycles. The molecule has 3 heteroatoms. The third-order valence-electron chi connectivity index (χ3n) is 5.46. The van der Waals surface area contributed by atoms with E-state index in [2.05, 4.69) is 41.4 Å². The number of anilines is 1. The fourth-order valence-electron chi connectivity index (χ4n) is 3.94. The Morgan fingerprint density at radius 1 is 1.14 bits per heavy atom. The third-order valence-corrected chi connectivity index (χ3v) is 5.46. The summed E-state index contributed by atoms with van der Waals surface area (Å²) < 4.78 is 0. The first kappa shape index (κ1) is 15.8. The molecule has 0 radical (unpaired) electrons. The Bertz CT molecular complexity index is 462. The first-order valence-electron chi connectivity index (χ1n) is 8.97. The minimum Gasteiger partial charge on any atom is -0.393 e. The van der Waals surface area contributed by atoms with Gasteiger partial charge in [-0.15, -0.1) is 0 Å². The predicted molar refractivity (Wildman–Crippen MR) is 92.0 cm³/mol. The van der Waals surface area contributed by atoms with Crippen molar-refractivity contribution in [1.29, 1.82) is 0 Å². The van der Waals surface area contributed by atoms with E-state index in [1.165, 1.54) is 36.9 Å². The summed E-state index contributed by atoms with van der Waals surface area (Å²) in [6.45, 7) is 5.35. The summed E-state index contributed by atoms with van der Waals surface area (Å²) in [5.74, 6) is 0.832. The van der Waals surface area contributed by atoms with Gasteiger partial charge in [-0.25, -0.2) is 0 Å². The Morgan fingerprint density at radius 2 is 1.82 bits per heavy atom. The van der Waals surface area contributed by atoms with Gasteiger partial charge in [0.1, 0.15) is 0 Å². The van der Waals surface area contributed by atoms with E-state index < -0.39 is 0 Å². The summed E-state index contributed by atoms with van der Waals surface area (Å²) in [5.41, 5.74) is 2.69. The normalized spacial score (nSPS) is 22.8. The number of piperidine rings is 1. The number of benzene rings is 1. The molecule has 3 nitrogen and oxygen atoms in total. The van der Waals surface area contributed by atoms with Gasteiger partial charge in [0.25, 0.3) is 0 Å². The van der Waals surface area contributed by atoms with Crippen molar-refractivity contribution in [2.75, 3.05) is 18.4 Å². The van der Waals surface area contributed by atoms with Gasteiger partial charge in [-0.05, 0) is 50.2 Å². The number of aliphatic hydroxyl groups excluding tert-OH is 1. The molecule has 1 aliphatic carbocycles. The smallest absolute Gasteiger partial charge is 0.0564 e. The monoisotopic (exact) mass is 302 g/mol. The average molecular weight is 302 g/mol. The van der Waals surface area contributed by atoms with Crippen LogP contribution in [0.4, 0.5) is 5.69 Å². The van der Waals surface area contributed by atoms with Gasteiger partial charge in [0, 0.05) is 31.4 Å². The van der Waals surface area contributed by atoms with Crippen LogP contribution >= 0.6 is 0 Å². The average Bonchev–Trinajstić information content (AvgIpc) is 3.06. The number of rotatable bonds is 5. The van der Waals surface area contributed by atoms with Gasteiger partial charge in [0.15, 0.2) is 0 Å². The van der Waals surface area contributed by atoms with Crippen LogP contribution in [-0.4, -0.2) is 35.2 Å². The second-order valence-corrected chi connectivity index (χ2v) is 7.14. The van der Waals surface area contributed by atoms with Crippen molar-refractivity contribution in [2.45, 2.75) is 64.1 Å². The quantitative estimate of drug-likeness (QED) is 0.872. The summed E-state index contributed by atoms with van der Waals surface area (Å²) in [4.78, 5) is 2.47. The molecular formula is C19H30N2O. The minimum absolute atomic E-state index is 0.0907. The molecule has 22 heavy (non-hydrogen) atoms. The molecule has 1 aromatic rings. The molecule has 1 heterocycles. The van der Waals surface area contributed by atoms with Gasteiger partial charge < -0.3 is 10.4 Å². The molecule has 2 N–H and O–H groups in total. The van der Waals surface area contributed by atoms with Gasteiger partial charge in [0.05, 0.1) is 6.10 Å². The molecule has 1 unspecified atom stereocenters. The van der Waals surface area contributed by atoms with Crippen LogP contribution in [0.15, 0.2) is 24.3 Å². The van der Waals surface area contributed by atoms with Gasteiger partial charge in [0.2, 0.25) is 0 Å². The highest BCUT2D eigenvalue weighted by Gasteiger charge is 2.22. The Balaban J connectivity index is 1.62. The number of nitrogens with one attached hydrogen (secondary N) is 1. The Kier molecular flexibility index (Phi) is 5.37. The van der Waals surface area contributed by atoms with E-state index in [1.54, 1.807) is 0 Å². The maximum Gasteiger partial charge on any atom is 0.0564 e. The lowest BCUT2D eigenvalue weighted by molar-refractivity contribution is 0.0793. The van der Waals surface area contributed by atoms with Crippen LogP contribution in [0.2, 0.25) is 0 Å². The molecule has 0 spiro atoms. The van der Waals surface area contributed by atoms with Crippen molar-refractivity contribution in [3.8, 4) is 0 Å². The number of nitrogens with zero attached hydrogens (tertiary/aromatic N) is 1. The van der Waals surface area contributed by atoms with Crippen molar-refractivity contribution in [1.82, 2.24) is 4.90 Å². The second-order valence-electron chi connectivity index (χ2n) is 7.14. The van der Waals surface area contributed by atoms with Gasteiger partial charge in [-0.3, -0.25) is 4.90 Å². The third kappa shape index (κ3) is 4.02. The highest BCUT2D eigenvalue weighted by Crippen LogP contribution is 2.30. The van der Waals surface area contributed by atoms with Crippen molar-refractivity contribution in [2.24, 2.45) is 5.92 Å². The molecule has 0 aromatic heterocycles. The summed E-state index contributed by atoms with van der Waals surface area (Å²) in [7, 11) is 0. The molecule has 0 bridgehead atoms. The van der Waals surface area contributed by atoms with Crippen LogP contribution in [0.25, 0.3) is 0 Å². The molecule has 3 rings (SSSR count). The van der Waals surface area contributed by atoms with Gasteiger partial charge in [-0.1, -0.05) is 31.0 Å². The number of hydrogen-bond donors (Lipinski definition) is 2. The van der Waals surface area contributed by atoms with Crippen molar-refractivity contribution in [3.63, 3.8) is 0 Å². The standard InChI is InChI=1S/C19H30N2O/c1-15(16-6-2-3-7-16)20-19-9-5-4-8-17(19)14-21-12-10-18(22)11-13-21/h4-5,8-9,15-16,18,20,22H,2-3,6-7,10-14H2,1H3. The zero-order valence-electron chi connectivity index (χ0n) is 13.8. The summed E-state index contributed by atoms with van der Waals surface area (Å²) >= 11 is 0. The summed E-state index contributed by atoms with van der Waals surface area (Å²) in [6, 6.07) is 9.30. The first-order chi connectivity index (χ1) is 10.7. The molecule has 1 atom stereocenters. The molecule has 1 saturated carbocycles. The largest absolute Gasteiger partial charge is 0.393 e. The van der Waals surface area contributed by atoms with Crippen molar-refractivity contribution >= 4 is 5.69 Å². The van der Waals surface area contributed by atoms with Crippen molar-refractivity contribution in [3.05, 3.63) is 29.8 Å².